The van der Waals surface area contributed by atoms with Crippen LogP contribution in [0.25, 0.3) is 10.2 Å². The van der Waals surface area contributed by atoms with Crippen LogP contribution < -0.4 is 5.32 Å². The molecule has 2 N–H and O–H groups in total. The van der Waals surface area contributed by atoms with E-state index in [-0.39, 0.29) is 10.2 Å². The highest BCUT2D eigenvalue weighted by Gasteiger charge is 2.23. The quantitative estimate of drug-likeness (QED) is 0.784. The van der Waals surface area contributed by atoms with Gasteiger partial charge in [0.25, 0.3) is 0 Å². The number of halogens is 1. The minimum atomic E-state index is -3.35. The van der Waals surface area contributed by atoms with Crippen molar-refractivity contribution in [3.8, 4) is 0 Å². The average molecular weight is 349 g/mol. The number of thiazole rings is 1. The molecule has 0 amide bonds. The van der Waals surface area contributed by atoms with E-state index in [0.717, 1.165) is 21.7 Å². The predicted octanol–water partition coefficient (Wildman–Crippen LogP) is 2.49. The zero-order valence-corrected chi connectivity index (χ0v) is 14.1. The van der Waals surface area contributed by atoms with Crippen molar-refractivity contribution in [1.29, 1.82) is 0 Å². The first kappa shape index (κ1) is 16.5. The largest absolute Gasteiger partial charge is 0.390 e. The number of alkyl halides is 1. The molecule has 1 heterocycles. The van der Waals surface area contributed by atoms with Crippen LogP contribution in [0.3, 0.4) is 0 Å². The molecule has 0 fully saturated rings. The Morgan fingerprint density at radius 2 is 2.14 bits per heavy atom. The fourth-order valence-electron chi connectivity index (χ4n) is 1.63. The second kappa shape index (κ2) is 6.48. The molecule has 0 spiro atoms. The van der Waals surface area contributed by atoms with Gasteiger partial charge in [0.05, 0.1) is 27.5 Å². The summed E-state index contributed by atoms with van der Waals surface area (Å²) in [6, 6.07) is 5.39. The highest BCUT2D eigenvalue weighted by Crippen LogP contribution is 2.29. The lowest BCUT2D eigenvalue weighted by Crippen LogP contribution is -2.20. The summed E-state index contributed by atoms with van der Waals surface area (Å²) >= 11 is 6.69. The number of nitrogens with one attached hydrogen (secondary N) is 1. The maximum Gasteiger partial charge on any atom is 0.210 e. The molecule has 1 unspecified atom stereocenters. The minimum absolute atomic E-state index is 0.144. The van der Waals surface area contributed by atoms with E-state index in [0.29, 0.717) is 12.1 Å². The van der Waals surface area contributed by atoms with Crippen molar-refractivity contribution < 1.29 is 13.5 Å². The molecule has 0 radical (unpaired) electrons. The fraction of sp³-hybridized carbons (Fsp3) is 0.462. The third-order valence-electron chi connectivity index (χ3n) is 2.95. The summed E-state index contributed by atoms with van der Waals surface area (Å²) in [7, 11) is -3.35. The van der Waals surface area contributed by atoms with Crippen molar-refractivity contribution >= 4 is 48.7 Å². The Labute approximate surface area is 132 Å². The van der Waals surface area contributed by atoms with E-state index >= 15 is 0 Å². The van der Waals surface area contributed by atoms with Crippen molar-refractivity contribution in [1.82, 2.24) is 4.98 Å². The van der Waals surface area contributed by atoms with Crippen LogP contribution in [-0.2, 0) is 9.84 Å². The van der Waals surface area contributed by atoms with Crippen LogP contribution in [0.4, 0.5) is 5.69 Å². The van der Waals surface area contributed by atoms with Gasteiger partial charge in [-0.25, -0.2) is 13.4 Å². The lowest BCUT2D eigenvalue weighted by molar-refractivity contribution is 0.211. The zero-order valence-electron chi connectivity index (χ0n) is 11.7. The van der Waals surface area contributed by atoms with Gasteiger partial charge in [-0.05, 0) is 32.0 Å². The number of hydrogen-bond acceptors (Lipinski definition) is 6. The van der Waals surface area contributed by atoms with Crippen LogP contribution >= 0.6 is 22.9 Å². The van der Waals surface area contributed by atoms with Gasteiger partial charge in [0.2, 0.25) is 14.2 Å². The van der Waals surface area contributed by atoms with Crippen molar-refractivity contribution in [3.05, 3.63) is 18.2 Å². The van der Waals surface area contributed by atoms with Gasteiger partial charge in [0.1, 0.15) is 0 Å². The van der Waals surface area contributed by atoms with Crippen molar-refractivity contribution in [2.75, 3.05) is 17.7 Å². The lowest BCUT2D eigenvalue weighted by Gasteiger charge is -2.09. The molecule has 0 saturated carbocycles. The topological polar surface area (TPSA) is 79.3 Å². The molecule has 0 aliphatic carbocycles. The number of rotatable bonds is 6. The smallest absolute Gasteiger partial charge is 0.210 e. The van der Waals surface area contributed by atoms with E-state index < -0.39 is 21.2 Å². The Kier molecular flexibility index (Phi) is 5.08. The Hall–Kier alpha value is -0.890. The van der Waals surface area contributed by atoms with Crippen molar-refractivity contribution in [2.45, 2.75) is 29.5 Å². The van der Waals surface area contributed by atoms with Gasteiger partial charge >= 0.3 is 0 Å². The first-order chi connectivity index (χ1) is 9.84. The molecular formula is C13H17ClN2O3S2. The van der Waals surface area contributed by atoms with E-state index in [2.05, 4.69) is 10.3 Å². The van der Waals surface area contributed by atoms with Gasteiger partial charge in [-0.3, -0.25) is 0 Å². The molecule has 2 rings (SSSR count). The summed E-state index contributed by atoms with van der Waals surface area (Å²) in [5.41, 5.74) is 1.45. The van der Waals surface area contributed by atoms with Gasteiger partial charge in [-0.1, -0.05) is 0 Å². The number of aliphatic hydroxyl groups is 1. The van der Waals surface area contributed by atoms with E-state index in [1.165, 1.54) is 0 Å². The second-order valence-corrected chi connectivity index (χ2v) is 8.96. The Bertz CT molecular complexity index is 728. The van der Waals surface area contributed by atoms with Crippen molar-refractivity contribution in [2.24, 2.45) is 0 Å². The normalized spacial score (nSPS) is 13.8. The third-order valence-corrected chi connectivity index (χ3v) is 6.89. The monoisotopic (exact) mass is 348 g/mol. The van der Waals surface area contributed by atoms with E-state index in [1.807, 2.05) is 6.07 Å². The third kappa shape index (κ3) is 3.66. The summed E-state index contributed by atoms with van der Waals surface area (Å²) in [6.45, 7) is 3.62. The first-order valence-corrected chi connectivity index (χ1v) is 9.36. The van der Waals surface area contributed by atoms with Crippen molar-refractivity contribution in [3.63, 3.8) is 0 Å². The maximum absolute atomic E-state index is 12.1. The molecule has 0 saturated heterocycles. The zero-order chi connectivity index (χ0) is 15.6. The molecular weight excluding hydrogens is 332 g/mol. The van der Waals surface area contributed by atoms with Crippen LogP contribution in [0.2, 0.25) is 0 Å². The molecule has 1 atom stereocenters. The average Bonchev–Trinajstić information content (AvgIpc) is 2.88. The number of aliphatic hydroxyl groups excluding tert-OH is 1. The van der Waals surface area contributed by atoms with Gasteiger partial charge in [-0.2, -0.15) is 0 Å². The SMILES string of the molecule is CC(C)S(=O)(=O)c1nc2ccc(NCC(O)CCl)cc2s1. The number of fused-ring (bicyclic) bond motifs is 1. The number of benzene rings is 1. The Morgan fingerprint density at radius 1 is 1.43 bits per heavy atom. The summed E-state index contributed by atoms with van der Waals surface area (Å²) in [4.78, 5) is 4.19. The summed E-state index contributed by atoms with van der Waals surface area (Å²) in [5, 5.41) is 12.0. The number of anilines is 1. The van der Waals surface area contributed by atoms with E-state index in [9.17, 15) is 13.5 Å². The van der Waals surface area contributed by atoms with Gasteiger partial charge in [0.15, 0.2) is 0 Å². The van der Waals surface area contributed by atoms with Crippen LogP contribution in [0.15, 0.2) is 22.5 Å². The molecule has 5 nitrogen and oxygen atoms in total. The van der Waals surface area contributed by atoms with Crippen LogP contribution in [-0.4, -0.2) is 42.3 Å². The number of aromatic nitrogens is 1. The predicted molar refractivity (Wildman–Crippen MR) is 87.2 cm³/mol. The maximum atomic E-state index is 12.1. The highest BCUT2D eigenvalue weighted by atomic mass is 35.5. The summed E-state index contributed by atoms with van der Waals surface area (Å²) < 4.78 is 25.2. The molecule has 0 bridgehead atoms. The van der Waals surface area contributed by atoms with Crippen LogP contribution in [0, 0.1) is 0 Å². The van der Waals surface area contributed by atoms with Crippen LogP contribution in [0.5, 0.6) is 0 Å². The molecule has 1 aromatic heterocycles. The van der Waals surface area contributed by atoms with E-state index in [1.54, 1.807) is 26.0 Å². The molecule has 116 valence electrons. The summed E-state index contributed by atoms with van der Waals surface area (Å²) in [5.74, 6) is 0.159. The van der Waals surface area contributed by atoms with Gasteiger partial charge in [-0.15, -0.1) is 22.9 Å². The molecule has 21 heavy (non-hydrogen) atoms. The van der Waals surface area contributed by atoms with E-state index in [4.69, 9.17) is 11.6 Å². The molecule has 0 aliphatic heterocycles. The number of hydrogen-bond donors (Lipinski definition) is 2. The summed E-state index contributed by atoms with van der Waals surface area (Å²) in [6.07, 6.45) is -0.624. The minimum Gasteiger partial charge on any atom is -0.390 e. The highest BCUT2D eigenvalue weighted by molar-refractivity contribution is 7.94. The fourth-order valence-corrected chi connectivity index (χ4v) is 4.41. The Morgan fingerprint density at radius 3 is 2.76 bits per heavy atom. The molecule has 8 heteroatoms. The lowest BCUT2D eigenvalue weighted by atomic mass is 10.3. The van der Waals surface area contributed by atoms with Crippen LogP contribution in [0.1, 0.15) is 13.8 Å². The molecule has 2 aromatic rings. The Balaban J connectivity index is 2.28. The van der Waals surface area contributed by atoms with Gasteiger partial charge < -0.3 is 10.4 Å². The first-order valence-electron chi connectivity index (χ1n) is 6.47. The molecule has 0 aliphatic rings. The second-order valence-electron chi connectivity index (χ2n) is 4.95. The number of nitrogens with zero attached hydrogens (tertiary/aromatic N) is 1. The standard InChI is InChI=1S/C13H17ClN2O3S2/c1-8(2)21(18,19)13-16-11-4-3-9(5-12(11)20-13)15-7-10(17)6-14/h3-5,8,10,15,17H,6-7H2,1-2H3. The number of sulfone groups is 1. The van der Waals surface area contributed by atoms with Gasteiger partial charge in [0, 0.05) is 12.2 Å². The molecule has 1 aromatic carbocycles.